The first-order chi connectivity index (χ1) is 7.90. The van der Waals surface area contributed by atoms with Crippen molar-refractivity contribution in [3.05, 3.63) is 27.7 Å². The van der Waals surface area contributed by atoms with Crippen LogP contribution in [-0.2, 0) is 4.79 Å². The number of carbonyl (C=O) groups is 1. The van der Waals surface area contributed by atoms with Crippen molar-refractivity contribution < 1.29 is 4.79 Å². The molecule has 0 bridgehead atoms. The second kappa shape index (κ2) is 6.05. The minimum Gasteiger partial charge on any atom is -0.376 e. The van der Waals surface area contributed by atoms with Crippen molar-refractivity contribution in [2.75, 3.05) is 11.9 Å². The largest absolute Gasteiger partial charge is 0.376 e. The Balaban J connectivity index is 2.61. The maximum absolute atomic E-state index is 11.5. The summed E-state index contributed by atoms with van der Waals surface area (Å²) in [7, 11) is 0. The van der Waals surface area contributed by atoms with E-state index in [4.69, 9.17) is 0 Å². The number of nitrogens with one attached hydrogen (secondary N) is 2. The van der Waals surface area contributed by atoms with Gasteiger partial charge in [0.2, 0.25) is 5.91 Å². The van der Waals surface area contributed by atoms with Crippen LogP contribution in [0.3, 0.4) is 0 Å². The van der Waals surface area contributed by atoms with Crippen molar-refractivity contribution in [3.63, 3.8) is 0 Å². The average Bonchev–Trinajstić information content (AvgIpc) is 2.22. The van der Waals surface area contributed by atoms with Crippen LogP contribution < -0.4 is 10.6 Å². The quantitative estimate of drug-likeness (QED) is 0.897. The normalized spacial score (nSPS) is 10.5. The van der Waals surface area contributed by atoms with E-state index < -0.39 is 0 Å². The molecule has 17 heavy (non-hydrogen) atoms. The molecule has 1 amide bonds. The van der Waals surface area contributed by atoms with E-state index in [1.165, 1.54) is 0 Å². The Kier molecular flexibility index (Phi) is 5.00. The standard InChI is InChI=1S/C13H19BrN2O/c1-8(2)16-12(17)7-15-11-5-9(3)13(14)10(4)6-11/h5-6,8,15H,7H2,1-4H3,(H,16,17). The van der Waals surface area contributed by atoms with Crippen LogP contribution in [0.4, 0.5) is 5.69 Å². The molecule has 0 aliphatic carbocycles. The zero-order chi connectivity index (χ0) is 13.0. The van der Waals surface area contributed by atoms with Gasteiger partial charge in [-0.1, -0.05) is 15.9 Å². The third kappa shape index (κ3) is 4.38. The number of rotatable bonds is 4. The summed E-state index contributed by atoms with van der Waals surface area (Å²) in [6, 6.07) is 4.23. The number of hydrogen-bond acceptors (Lipinski definition) is 2. The van der Waals surface area contributed by atoms with Gasteiger partial charge in [0.1, 0.15) is 0 Å². The number of amides is 1. The van der Waals surface area contributed by atoms with E-state index in [0.717, 1.165) is 21.3 Å². The van der Waals surface area contributed by atoms with Gasteiger partial charge in [-0.3, -0.25) is 4.79 Å². The Bertz CT molecular complexity index is 393. The fourth-order valence-corrected chi connectivity index (χ4v) is 1.83. The summed E-state index contributed by atoms with van der Waals surface area (Å²) in [4.78, 5) is 11.5. The molecule has 0 spiro atoms. The lowest BCUT2D eigenvalue weighted by molar-refractivity contribution is -0.119. The molecule has 0 aromatic heterocycles. The Morgan fingerprint density at radius 3 is 2.29 bits per heavy atom. The van der Waals surface area contributed by atoms with E-state index in [1.807, 2.05) is 39.8 Å². The van der Waals surface area contributed by atoms with Crippen molar-refractivity contribution in [2.45, 2.75) is 33.7 Å². The number of halogens is 1. The van der Waals surface area contributed by atoms with Gasteiger partial charge in [0, 0.05) is 16.2 Å². The number of benzene rings is 1. The molecule has 0 heterocycles. The predicted octanol–water partition coefficient (Wildman–Crippen LogP) is 3.00. The molecular weight excluding hydrogens is 280 g/mol. The first-order valence-corrected chi connectivity index (χ1v) is 6.49. The molecule has 0 aliphatic heterocycles. The molecule has 4 heteroatoms. The average molecular weight is 299 g/mol. The molecule has 1 aromatic rings. The fraction of sp³-hybridized carbons (Fsp3) is 0.462. The molecule has 0 saturated carbocycles. The molecule has 1 aromatic carbocycles. The van der Waals surface area contributed by atoms with Gasteiger partial charge in [0.15, 0.2) is 0 Å². The lowest BCUT2D eigenvalue weighted by Crippen LogP contribution is -2.34. The third-order valence-electron chi connectivity index (χ3n) is 2.34. The molecule has 0 aliphatic rings. The van der Waals surface area contributed by atoms with Gasteiger partial charge in [0.05, 0.1) is 6.54 Å². The summed E-state index contributed by atoms with van der Waals surface area (Å²) in [5.41, 5.74) is 3.30. The van der Waals surface area contributed by atoms with E-state index in [2.05, 4.69) is 26.6 Å². The summed E-state index contributed by atoms with van der Waals surface area (Å²) < 4.78 is 1.12. The lowest BCUT2D eigenvalue weighted by atomic mass is 10.1. The van der Waals surface area contributed by atoms with Crippen LogP contribution in [0.2, 0.25) is 0 Å². The van der Waals surface area contributed by atoms with E-state index in [1.54, 1.807) is 0 Å². The zero-order valence-electron chi connectivity index (χ0n) is 10.7. The zero-order valence-corrected chi connectivity index (χ0v) is 12.3. The molecule has 0 atom stereocenters. The third-order valence-corrected chi connectivity index (χ3v) is 3.59. The number of hydrogen-bond donors (Lipinski definition) is 2. The van der Waals surface area contributed by atoms with Crippen LogP contribution in [0.5, 0.6) is 0 Å². The number of carbonyl (C=O) groups excluding carboxylic acids is 1. The Labute approximate surface area is 111 Å². The van der Waals surface area contributed by atoms with Crippen LogP contribution >= 0.6 is 15.9 Å². The monoisotopic (exact) mass is 298 g/mol. The van der Waals surface area contributed by atoms with Gasteiger partial charge >= 0.3 is 0 Å². The minimum atomic E-state index is 0.0122. The van der Waals surface area contributed by atoms with E-state index in [0.29, 0.717) is 6.54 Å². The molecular formula is C13H19BrN2O. The van der Waals surface area contributed by atoms with Crippen molar-refractivity contribution in [3.8, 4) is 0 Å². The molecule has 3 nitrogen and oxygen atoms in total. The molecule has 94 valence electrons. The minimum absolute atomic E-state index is 0.0122. The summed E-state index contributed by atoms with van der Waals surface area (Å²) in [6.45, 7) is 8.28. The van der Waals surface area contributed by atoms with Crippen LogP contribution in [0.25, 0.3) is 0 Å². The van der Waals surface area contributed by atoms with E-state index in [9.17, 15) is 4.79 Å². The van der Waals surface area contributed by atoms with Gasteiger partial charge in [0.25, 0.3) is 0 Å². The maximum atomic E-state index is 11.5. The Morgan fingerprint density at radius 1 is 1.29 bits per heavy atom. The van der Waals surface area contributed by atoms with Gasteiger partial charge in [-0.25, -0.2) is 0 Å². The van der Waals surface area contributed by atoms with Gasteiger partial charge in [-0.15, -0.1) is 0 Å². The molecule has 0 radical (unpaired) electrons. The first kappa shape index (κ1) is 14.0. The van der Waals surface area contributed by atoms with Crippen LogP contribution in [0.15, 0.2) is 16.6 Å². The highest BCUT2D eigenvalue weighted by atomic mass is 79.9. The van der Waals surface area contributed by atoms with Crippen LogP contribution in [-0.4, -0.2) is 18.5 Å². The van der Waals surface area contributed by atoms with E-state index in [-0.39, 0.29) is 11.9 Å². The van der Waals surface area contributed by atoms with Crippen molar-refractivity contribution in [2.24, 2.45) is 0 Å². The highest BCUT2D eigenvalue weighted by Crippen LogP contribution is 2.24. The molecule has 0 unspecified atom stereocenters. The lowest BCUT2D eigenvalue weighted by Gasteiger charge is -2.12. The molecule has 2 N–H and O–H groups in total. The van der Waals surface area contributed by atoms with Gasteiger partial charge < -0.3 is 10.6 Å². The van der Waals surface area contributed by atoms with Crippen molar-refractivity contribution in [1.82, 2.24) is 5.32 Å². The van der Waals surface area contributed by atoms with Crippen molar-refractivity contribution in [1.29, 1.82) is 0 Å². The number of aryl methyl sites for hydroxylation is 2. The number of anilines is 1. The molecule has 0 fully saturated rings. The highest BCUT2D eigenvalue weighted by molar-refractivity contribution is 9.10. The first-order valence-electron chi connectivity index (χ1n) is 5.70. The topological polar surface area (TPSA) is 41.1 Å². The summed E-state index contributed by atoms with van der Waals surface area (Å²) in [5.74, 6) is 0.0122. The highest BCUT2D eigenvalue weighted by Gasteiger charge is 2.05. The Morgan fingerprint density at radius 2 is 1.82 bits per heavy atom. The van der Waals surface area contributed by atoms with Crippen molar-refractivity contribution >= 4 is 27.5 Å². The summed E-state index contributed by atoms with van der Waals surface area (Å²) in [5, 5.41) is 5.97. The fourth-order valence-electron chi connectivity index (χ4n) is 1.60. The molecule has 0 saturated heterocycles. The Hall–Kier alpha value is -1.03. The summed E-state index contributed by atoms with van der Waals surface area (Å²) >= 11 is 3.52. The van der Waals surface area contributed by atoms with Crippen LogP contribution in [0.1, 0.15) is 25.0 Å². The SMILES string of the molecule is Cc1cc(NCC(=O)NC(C)C)cc(C)c1Br. The van der Waals surface area contributed by atoms with E-state index >= 15 is 0 Å². The summed E-state index contributed by atoms with van der Waals surface area (Å²) in [6.07, 6.45) is 0. The van der Waals surface area contributed by atoms with Gasteiger partial charge in [-0.05, 0) is 51.0 Å². The smallest absolute Gasteiger partial charge is 0.239 e. The van der Waals surface area contributed by atoms with Gasteiger partial charge in [-0.2, -0.15) is 0 Å². The second-order valence-corrected chi connectivity index (χ2v) is 5.29. The maximum Gasteiger partial charge on any atom is 0.239 e. The second-order valence-electron chi connectivity index (χ2n) is 4.50. The van der Waals surface area contributed by atoms with Crippen LogP contribution in [0, 0.1) is 13.8 Å². The predicted molar refractivity (Wildman–Crippen MR) is 75.4 cm³/mol. The molecule has 1 rings (SSSR count).